The van der Waals surface area contributed by atoms with E-state index in [0.717, 1.165) is 22.5 Å². The fourth-order valence-corrected chi connectivity index (χ4v) is 4.38. The first kappa shape index (κ1) is 16.0. The second-order valence-corrected chi connectivity index (χ2v) is 7.39. The van der Waals surface area contributed by atoms with Crippen LogP contribution in [0.25, 0.3) is 0 Å². The van der Waals surface area contributed by atoms with E-state index in [9.17, 15) is 21.6 Å². The lowest BCUT2D eigenvalue weighted by atomic mass is 10.1. The highest BCUT2D eigenvalue weighted by Gasteiger charge is 2.37. The number of nitrogens with two attached hydrogens (primary N) is 1. The third-order valence-corrected chi connectivity index (χ3v) is 5.39. The zero-order chi connectivity index (χ0) is 16.0. The number of hydrogen-bond acceptors (Lipinski definition) is 3. The summed E-state index contributed by atoms with van der Waals surface area (Å²) in [6.07, 6.45) is -4.55. The Morgan fingerprint density at radius 3 is 2.48 bits per heavy atom. The second kappa shape index (κ2) is 5.13. The summed E-state index contributed by atoms with van der Waals surface area (Å²) in [5, 5.41) is 0. The van der Waals surface area contributed by atoms with Crippen molar-refractivity contribution in [2.45, 2.75) is 13.1 Å². The van der Waals surface area contributed by atoms with Gasteiger partial charge in [-0.15, -0.1) is 0 Å². The molecule has 2 N–H and O–H groups in total. The van der Waals surface area contributed by atoms with Crippen LogP contribution in [-0.2, 0) is 16.2 Å². The Hall–Kier alpha value is -1.35. The molecule has 0 aliphatic carbocycles. The molecule has 0 spiro atoms. The van der Waals surface area contributed by atoms with Crippen LogP contribution in [-0.4, -0.2) is 25.7 Å². The molecule has 0 amide bonds. The van der Waals surface area contributed by atoms with Crippen molar-refractivity contribution < 1.29 is 21.6 Å². The zero-order valence-corrected chi connectivity index (χ0v) is 12.6. The Kier molecular flexibility index (Phi) is 3.92. The number of sulfonamides is 1. The molecule has 116 valence electrons. The van der Waals surface area contributed by atoms with Gasteiger partial charge in [-0.1, -0.05) is 19.1 Å². The van der Waals surface area contributed by atoms with Crippen LogP contribution in [0, 0.1) is 5.92 Å². The van der Waals surface area contributed by atoms with Gasteiger partial charge in [-0.05, 0) is 24.1 Å². The molecule has 0 aromatic heterocycles. The van der Waals surface area contributed by atoms with Crippen molar-refractivity contribution in [2.75, 3.05) is 16.6 Å². The Morgan fingerprint density at radius 1 is 1.43 bits per heavy atom. The van der Waals surface area contributed by atoms with Gasteiger partial charge in [0, 0.05) is 12.1 Å². The van der Waals surface area contributed by atoms with E-state index in [1.807, 2.05) is 0 Å². The maximum Gasteiger partial charge on any atom is 0.416 e. The molecule has 0 bridgehead atoms. The van der Waals surface area contributed by atoms with Gasteiger partial charge in [-0.2, -0.15) is 13.2 Å². The van der Waals surface area contributed by atoms with Crippen LogP contribution in [0.1, 0.15) is 18.1 Å². The topological polar surface area (TPSA) is 63.4 Å². The number of nitrogens with zero attached hydrogens (tertiary/aromatic N) is 1. The molecule has 1 unspecified atom stereocenters. The first-order valence-electron chi connectivity index (χ1n) is 6.04. The van der Waals surface area contributed by atoms with Gasteiger partial charge in [0.1, 0.15) is 4.99 Å². The molecular weight excluding hydrogens is 325 g/mol. The van der Waals surface area contributed by atoms with E-state index < -0.39 is 21.8 Å². The fraction of sp³-hybridized carbons (Fsp3) is 0.417. The van der Waals surface area contributed by atoms with Crippen molar-refractivity contribution in [3.8, 4) is 0 Å². The molecule has 9 heteroatoms. The highest BCUT2D eigenvalue weighted by molar-refractivity contribution is 7.93. The predicted molar refractivity (Wildman–Crippen MR) is 77.6 cm³/mol. The van der Waals surface area contributed by atoms with Gasteiger partial charge in [-0.3, -0.25) is 4.31 Å². The summed E-state index contributed by atoms with van der Waals surface area (Å²) in [5.74, 6) is -0.165. The monoisotopic (exact) mass is 338 g/mol. The van der Waals surface area contributed by atoms with Gasteiger partial charge in [-0.25, -0.2) is 8.42 Å². The van der Waals surface area contributed by atoms with E-state index in [1.165, 1.54) is 0 Å². The number of halogens is 3. The largest absolute Gasteiger partial charge is 0.416 e. The summed E-state index contributed by atoms with van der Waals surface area (Å²) in [7, 11) is -3.56. The number of hydrogen-bond donors (Lipinski definition) is 1. The third kappa shape index (κ3) is 3.13. The standard InChI is InChI=1S/C12H13F3N2O2S2/c1-7-5-17(21(18,19)6-7)10-3-2-8(12(13,14)15)4-9(10)11(16)20/h2-4,7H,5-6H2,1H3,(H2,16,20). The highest BCUT2D eigenvalue weighted by atomic mass is 32.2. The van der Waals surface area contributed by atoms with E-state index in [1.54, 1.807) is 6.92 Å². The molecule has 0 saturated carbocycles. The van der Waals surface area contributed by atoms with E-state index in [2.05, 4.69) is 0 Å². The summed E-state index contributed by atoms with van der Waals surface area (Å²) in [5.41, 5.74) is 4.55. The molecule has 0 radical (unpaired) electrons. The van der Waals surface area contributed by atoms with Crippen LogP contribution in [0.15, 0.2) is 18.2 Å². The van der Waals surface area contributed by atoms with Crippen molar-refractivity contribution in [3.05, 3.63) is 29.3 Å². The SMILES string of the molecule is CC1CN(c2ccc(C(F)(F)F)cc2C(N)=S)S(=O)(=O)C1. The van der Waals surface area contributed by atoms with E-state index >= 15 is 0 Å². The highest BCUT2D eigenvalue weighted by Crippen LogP contribution is 2.35. The fourth-order valence-electron chi connectivity index (χ4n) is 2.27. The molecule has 1 saturated heterocycles. The molecule has 21 heavy (non-hydrogen) atoms. The van der Waals surface area contributed by atoms with Crippen LogP contribution < -0.4 is 10.0 Å². The molecule has 1 aromatic rings. The van der Waals surface area contributed by atoms with Crippen LogP contribution in [0.2, 0.25) is 0 Å². The van der Waals surface area contributed by atoms with Crippen molar-refractivity contribution in [2.24, 2.45) is 11.7 Å². The van der Waals surface area contributed by atoms with Gasteiger partial charge < -0.3 is 5.73 Å². The van der Waals surface area contributed by atoms with Gasteiger partial charge in [0.15, 0.2) is 0 Å². The summed E-state index contributed by atoms with van der Waals surface area (Å²) in [6.45, 7) is 1.95. The smallest absolute Gasteiger partial charge is 0.389 e. The van der Waals surface area contributed by atoms with Crippen molar-refractivity contribution in [1.29, 1.82) is 0 Å². The number of thiocarbonyl (C=S) groups is 1. The van der Waals surface area contributed by atoms with Crippen LogP contribution in [0.5, 0.6) is 0 Å². The Balaban J connectivity index is 2.57. The minimum absolute atomic E-state index is 0.0508. The number of anilines is 1. The minimum atomic E-state index is -4.55. The Labute approximate surface area is 125 Å². The first-order chi connectivity index (χ1) is 9.52. The van der Waals surface area contributed by atoms with E-state index in [0.29, 0.717) is 0 Å². The molecule has 1 aromatic carbocycles. The number of rotatable bonds is 2. The van der Waals surface area contributed by atoms with Crippen molar-refractivity contribution in [1.82, 2.24) is 0 Å². The minimum Gasteiger partial charge on any atom is -0.389 e. The molecule has 1 aliphatic rings. The molecule has 1 heterocycles. The van der Waals surface area contributed by atoms with Gasteiger partial charge >= 0.3 is 6.18 Å². The zero-order valence-electron chi connectivity index (χ0n) is 11.0. The number of alkyl halides is 3. The van der Waals surface area contributed by atoms with E-state index in [-0.39, 0.29) is 34.5 Å². The molecule has 1 atom stereocenters. The summed E-state index contributed by atoms with van der Waals surface area (Å²) in [6, 6.07) is 2.72. The lowest BCUT2D eigenvalue weighted by Gasteiger charge is -2.21. The Morgan fingerprint density at radius 2 is 2.05 bits per heavy atom. The predicted octanol–water partition coefficient (Wildman–Crippen LogP) is 2.13. The molecule has 1 aliphatic heterocycles. The summed E-state index contributed by atoms with van der Waals surface area (Å²) < 4.78 is 63.4. The molecule has 2 rings (SSSR count). The lowest BCUT2D eigenvalue weighted by Crippen LogP contribution is -2.28. The van der Waals surface area contributed by atoms with Gasteiger partial charge in [0.25, 0.3) is 0 Å². The van der Waals surface area contributed by atoms with E-state index in [4.69, 9.17) is 18.0 Å². The summed E-state index contributed by atoms with van der Waals surface area (Å²) >= 11 is 4.76. The average Bonchev–Trinajstić information content (AvgIpc) is 2.60. The van der Waals surface area contributed by atoms with Crippen molar-refractivity contribution >= 4 is 32.9 Å². The maximum absolute atomic E-state index is 12.7. The molecule has 4 nitrogen and oxygen atoms in total. The van der Waals surface area contributed by atoms with Crippen LogP contribution in [0.4, 0.5) is 18.9 Å². The third-order valence-electron chi connectivity index (χ3n) is 3.17. The van der Waals surface area contributed by atoms with Crippen LogP contribution in [0.3, 0.4) is 0 Å². The molecular formula is C12H13F3N2O2S2. The Bertz CT molecular complexity index is 686. The lowest BCUT2D eigenvalue weighted by molar-refractivity contribution is -0.137. The van der Waals surface area contributed by atoms with Gasteiger partial charge in [0.2, 0.25) is 10.0 Å². The van der Waals surface area contributed by atoms with Crippen LogP contribution >= 0.6 is 12.2 Å². The first-order valence-corrected chi connectivity index (χ1v) is 8.05. The number of benzene rings is 1. The van der Waals surface area contributed by atoms with Crippen molar-refractivity contribution in [3.63, 3.8) is 0 Å². The van der Waals surface area contributed by atoms with Gasteiger partial charge in [0.05, 0.1) is 17.0 Å². The molecule has 1 fully saturated rings. The quantitative estimate of drug-likeness (QED) is 0.839. The normalized spacial score (nSPS) is 21.5. The average molecular weight is 338 g/mol. The maximum atomic E-state index is 12.7. The second-order valence-electron chi connectivity index (χ2n) is 5.01. The summed E-state index contributed by atoms with van der Waals surface area (Å²) in [4.78, 5) is -0.272.